The number of benzene rings is 1. The van der Waals surface area contributed by atoms with E-state index in [1.54, 1.807) is 4.72 Å². The molecule has 112 valence electrons. The number of amides is 1. The van der Waals surface area contributed by atoms with Crippen LogP contribution in [0.4, 0.5) is 8.78 Å². The molecule has 0 aliphatic carbocycles. The summed E-state index contributed by atoms with van der Waals surface area (Å²) in [7, 11) is -2.64. The van der Waals surface area contributed by atoms with Crippen molar-refractivity contribution in [3.8, 4) is 0 Å². The highest BCUT2D eigenvalue weighted by atomic mass is 32.2. The molecular formula is C11H15F2N3O3S. The zero-order chi connectivity index (χ0) is 15.4. The number of hydrogen-bond acceptors (Lipinski definition) is 4. The van der Waals surface area contributed by atoms with E-state index in [1.807, 2.05) is 0 Å². The molecule has 0 unspecified atom stereocenters. The van der Waals surface area contributed by atoms with Crippen molar-refractivity contribution in [2.75, 3.05) is 20.1 Å². The fraction of sp³-hybridized carbons (Fsp3) is 0.364. The summed E-state index contributed by atoms with van der Waals surface area (Å²) in [5.74, 6) is -3.69. The molecule has 0 aliphatic rings. The Bertz CT molecular complexity index is 573. The van der Waals surface area contributed by atoms with Crippen molar-refractivity contribution in [1.29, 1.82) is 0 Å². The minimum atomic E-state index is -4.07. The molecule has 0 bridgehead atoms. The molecule has 0 aromatic heterocycles. The third-order valence-electron chi connectivity index (χ3n) is 2.47. The summed E-state index contributed by atoms with van der Waals surface area (Å²) in [6.07, 6.45) is 0. The predicted octanol–water partition coefficient (Wildman–Crippen LogP) is -0.0815. The molecule has 20 heavy (non-hydrogen) atoms. The minimum absolute atomic E-state index is 0.210. The van der Waals surface area contributed by atoms with Gasteiger partial charge in [-0.3, -0.25) is 4.79 Å². The van der Waals surface area contributed by atoms with E-state index in [0.29, 0.717) is 0 Å². The third-order valence-corrected chi connectivity index (χ3v) is 3.89. The van der Waals surface area contributed by atoms with Crippen LogP contribution < -0.4 is 15.8 Å². The van der Waals surface area contributed by atoms with Crippen molar-refractivity contribution in [3.05, 3.63) is 29.8 Å². The second-order valence-electron chi connectivity index (χ2n) is 3.99. The quantitative estimate of drug-likeness (QED) is 0.684. The lowest BCUT2D eigenvalue weighted by molar-refractivity contribution is 0.0170. The fourth-order valence-electron chi connectivity index (χ4n) is 1.29. The second-order valence-corrected chi connectivity index (χ2v) is 5.76. The van der Waals surface area contributed by atoms with Gasteiger partial charge in [0.25, 0.3) is 11.8 Å². The van der Waals surface area contributed by atoms with Gasteiger partial charge in [-0.2, -0.15) is 0 Å². The van der Waals surface area contributed by atoms with Gasteiger partial charge in [-0.15, -0.1) is 0 Å². The molecule has 4 N–H and O–H groups in total. The summed E-state index contributed by atoms with van der Waals surface area (Å²) in [5.41, 5.74) is 5.08. The van der Waals surface area contributed by atoms with E-state index >= 15 is 0 Å². The Labute approximate surface area is 115 Å². The summed E-state index contributed by atoms with van der Waals surface area (Å²) in [4.78, 5) is 11.1. The van der Waals surface area contributed by atoms with Crippen molar-refractivity contribution in [2.24, 2.45) is 5.73 Å². The molecule has 1 aromatic rings. The maximum atomic E-state index is 12.9. The Morgan fingerprint density at radius 1 is 1.30 bits per heavy atom. The first-order valence-corrected chi connectivity index (χ1v) is 7.10. The highest BCUT2D eigenvalue weighted by Gasteiger charge is 2.29. The zero-order valence-corrected chi connectivity index (χ0v) is 11.5. The summed E-state index contributed by atoms with van der Waals surface area (Å²) in [6.45, 7) is -2.03. The smallest absolute Gasteiger partial charge is 0.273 e. The van der Waals surface area contributed by atoms with Gasteiger partial charge in [0, 0.05) is 12.6 Å². The molecule has 0 aliphatic heterocycles. The number of carbonyl (C=O) groups is 1. The predicted molar refractivity (Wildman–Crippen MR) is 69.0 cm³/mol. The van der Waals surface area contributed by atoms with E-state index in [2.05, 4.69) is 5.32 Å². The molecule has 0 radical (unpaired) electrons. The normalized spacial score (nSPS) is 12.2. The molecule has 1 amide bonds. The van der Waals surface area contributed by atoms with E-state index in [4.69, 9.17) is 5.73 Å². The first-order valence-electron chi connectivity index (χ1n) is 5.61. The van der Waals surface area contributed by atoms with Crippen LogP contribution in [0.15, 0.2) is 29.2 Å². The number of nitrogens with two attached hydrogens (primary N) is 1. The standard InChI is InChI=1S/C11H15F2N3O3S/c1-15-10(17)8-2-4-9(5-3-8)20(18,19)16-7-11(12,13)6-14/h2-5,16H,6-7,14H2,1H3,(H,15,17). The van der Waals surface area contributed by atoms with Gasteiger partial charge in [0.1, 0.15) is 0 Å². The Balaban J connectivity index is 2.86. The van der Waals surface area contributed by atoms with Crippen molar-refractivity contribution in [1.82, 2.24) is 10.0 Å². The fourth-order valence-corrected chi connectivity index (χ4v) is 2.35. The number of carbonyl (C=O) groups excluding carboxylic acids is 1. The van der Waals surface area contributed by atoms with Crippen LogP contribution in [-0.2, 0) is 10.0 Å². The lowest BCUT2D eigenvalue weighted by atomic mass is 10.2. The molecule has 0 spiro atoms. The Kier molecular flexibility index (Phi) is 5.15. The molecular weight excluding hydrogens is 292 g/mol. The van der Waals surface area contributed by atoms with Crippen LogP contribution in [0.1, 0.15) is 10.4 Å². The third kappa shape index (κ3) is 4.22. The summed E-state index contributed by atoms with van der Waals surface area (Å²) < 4.78 is 51.1. The average molecular weight is 307 g/mol. The maximum Gasteiger partial charge on any atom is 0.273 e. The molecule has 1 aromatic carbocycles. The number of hydrogen-bond donors (Lipinski definition) is 3. The lowest BCUT2D eigenvalue weighted by Gasteiger charge is -2.14. The summed E-state index contributed by atoms with van der Waals surface area (Å²) in [5, 5.41) is 2.38. The molecule has 1 rings (SSSR count). The second kappa shape index (κ2) is 6.25. The van der Waals surface area contributed by atoms with Crippen LogP contribution in [0.5, 0.6) is 0 Å². The molecule has 9 heteroatoms. The number of nitrogens with one attached hydrogen (secondary N) is 2. The van der Waals surface area contributed by atoms with Crippen molar-refractivity contribution in [3.63, 3.8) is 0 Å². The summed E-state index contributed by atoms with van der Waals surface area (Å²) in [6, 6.07) is 4.89. The van der Waals surface area contributed by atoms with E-state index < -0.39 is 29.0 Å². The van der Waals surface area contributed by atoms with E-state index in [9.17, 15) is 22.0 Å². The van der Waals surface area contributed by atoms with Crippen molar-refractivity contribution in [2.45, 2.75) is 10.8 Å². The molecule has 6 nitrogen and oxygen atoms in total. The summed E-state index contributed by atoms with van der Waals surface area (Å²) >= 11 is 0. The number of halogens is 2. The van der Waals surface area contributed by atoms with E-state index in [0.717, 1.165) is 12.1 Å². The van der Waals surface area contributed by atoms with E-state index in [-0.39, 0.29) is 16.4 Å². The van der Waals surface area contributed by atoms with Gasteiger partial charge in [-0.05, 0) is 24.3 Å². The van der Waals surface area contributed by atoms with Crippen molar-refractivity contribution < 1.29 is 22.0 Å². The van der Waals surface area contributed by atoms with Gasteiger partial charge >= 0.3 is 0 Å². The van der Waals surface area contributed by atoms with Crippen LogP contribution in [0, 0.1) is 0 Å². The Hall–Kier alpha value is -1.58. The SMILES string of the molecule is CNC(=O)c1ccc(S(=O)(=O)NCC(F)(F)CN)cc1. The average Bonchev–Trinajstić information content (AvgIpc) is 2.45. The maximum absolute atomic E-state index is 12.9. The lowest BCUT2D eigenvalue weighted by Crippen LogP contribution is -2.41. The van der Waals surface area contributed by atoms with Gasteiger partial charge in [-0.25, -0.2) is 21.9 Å². The van der Waals surface area contributed by atoms with Crippen LogP contribution in [-0.4, -0.2) is 40.4 Å². The van der Waals surface area contributed by atoms with Crippen LogP contribution in [0.3, 0.4) is 0 Å². The Morgan fingerprint density at radius 3 is 2.30 bits per heavy atom. The molecule has 0 heterocycles. The highest BCUT2D eigenvalue weighted by Crippen LogP contribution is 2.14. The molecule has 0 fully saturated rings. The molecule has 0 saturated carbocycles. The van der Waals surface area contributed by atoms with Gasteiger partial charge in [0.05, 0.1) is 18.0 Å². The molecule has 0 atom stereocenters. The number of rotatable bonds is 6. The largest absolute Gasteiger partial charge is 0.355 e. The zero-order valence-electron chi connectivity index (χ0n) is 10.7. The first kappa shape index (κ1) is 16.5. The van der Waals surface area contributed by atoms with Gasteiger partial charge in [0.2, 0.25) is 10.0 Å². The van der Waals surface area contributed by atoms with Gasteiger partial charge in [0.15, 0.2) is 0 Å². The number of alkyl halides is 2. The number of sulfonamides is 1. The van der Waals surface area contributed by atoms with Crippen LogP contribution in [0.2, 0.25) is 0 Å². The monoisotopic (exact) mass is 307 g/mol. The van der Waals surface area contributed by atoms with Crippen LogP contribution in [0.25, 0.3) is 0 Å². The van der Waals surface area contributed by atoms with E-state index in [1.165, 1.54) is 19.2 Å². The first-order chi connectivity index (χ1) is 9.22. The van der Waals surface area contributed by atoms with Gasteiger partial charge in [-0.1, -0.05) is 0 Å². The highest BCUT2D eigenvalue weighted by molar-refractivity contribution is 7.89. The minimum Gasteiger partial charge on any atom is -0.355 e. The topological polar surface area (TPSA) is 101 Å². The molecule has 0 saturated heterocycles. The van der Waals surface area contributed by atoms with Crippen LogP contribution >= 0.6 is 0 Å². The Morgan fingerprint density at radius 2 is 1.85 bits per heavy atom. The van der Waals surface area contributed by atoms with Crippen molar-refractivity contribution >= 4 is 15.9 Å². The van der Waals surface area contributed by atoms with Gasteiger partial charge < -0.3 is 11.1 Å².